The highest BCUT2D eigenvalue weighted by atomic mass is 16.7. The van der Waals surface area contributed by atoms with Crippen molar-refractivity contribution in [1.82, 2.24) is 0 Å². The van der Waals surface area contributed by atoms with Crippen LogP contribution in [0.4, 0.5) is 0 Å². The van der Waals surface area contributed by atoms with Gasteiger partial charge in [0.15, 0.2) is 0 Å². The van der Waals surface area contributed by atoms with Gasteiger partial charge in [0.25, 0.3) is 5.97 Å². The molecular formula is C11H18O9. The molecule has 116 valence electrons. The molecule has 9 heteroatoms. The van der Waals surface area contributed by atoms with Crippen molar-refractivity contribution in [3.8, 4) is 0 Å². The van der Waals surface area contributed by atoms with E-state index < -0.39 is 23.9 Å². The molecule has 0 saturated heterocycles. The molecule has 0 radical (unpaired) electrons. The summed E-state index contributed by atoms with van der Waals surface area (Å²) in [6.07, 6.45) is 2.50. The van der Waals surface area contributed by atoms with Crippen molar-refractivity contribution in [2.75, 3.05) is 0 Å². The van der Waals surface area contributed by atoms with E-state index in [1.807, 2.05) is 0 Å². The van der Waals surface area contributed by atoms with E-state index in [1.54, 1.807) is 0 Å². The smallest absolute Gasteiger partial charge is 0.327 e. The van der Waals surface area contributed by atoms with E-state index in [9.17, 15) is 14.4 Å². The van der Waals surface area contributed by atoms with Crippen molar-refractivity contribution in [1.29, 1.82) is 0 Å². The molecule has 0 bridgehead atoms. The van der Waals surface area contributed by atoms with Crippen LogP contribution in [0.25, 0.3) is 0 Å². The highest BCUT2D eigenvalue weighted by molar-refractivity contribution is 5.79. The quantitative estimate of drug-likeness (QED) is 0.293. The van der Waals surface area contributed by atoms with Gasteiger partial charge in [0.05, 0.1) is 0 Å². The SMILES string of the molecule is C=CC(=O)O.C=CC(=O)O.C=CC(=O)O.CC(O)(O)O. The fraction of sp³-hybridized carbons (Fsp3) is 0.182. The maximum absolute atomic E-state index is 9.25. The van der Waals surface area contributed by atoms with Crippen LogP contribution in [0.1, 0.15) is 6.92 Å². The van der Waals surface area contributed by atoms with Crippen LogP contribution in [-0.2, 0) is 14.4 Å². The summed E-state index contributed by atoms with van der Waals surface area (Å²) in [6.45, 7) is 9.74. The molecular weight excluding hydrogens is 276 g/mol. The lowest BCUT2D eigenvalue weighted by Crippen LogP contribution is -2.20. The summed E-state index contributed by atoms with van der Waals surface area (Å²) in [7, 11) is 0. The van der Waals surface area contributed by atoms with Gasteiger partial charge >= 0.3 is 17.9 Å². The summed E-state index contributed by atoms with van der Waals surface area (Å²) >= 11 is 0. The Labute approximate surface area is 115 Å². The molecule has 0 saturated carbocycles. The first-order chi connectivity index (χ1) is 8.81. The molecule has 0 aromatic carbocycles. The molecule has 9 nitrogen and oxygen atoms in total. The van der Waals surface area contributed by atoms with E-state index in [0.29, 0.717) is 0 Å². The van der Waals surface area contributed by atoms with Crippen LogP contribution in [0.5, 0.6) is 0 Å². The Balaban J connectivity index is -0.0000000853. The van der Waals surface area contributed by atoms with Crippen LogP contribution in [0.3, 0.4) is 0 Å². The molecule has 0 aliphatic carbocycles. The van der Waals surface area contributed by atoms with Gasteiger partial charge in [0, 0.05) is 25.2 Å². The molecule has 0 unspecified atom stereocenters. The second kappa shape index (κ2) is 16.5. The van der Waals surface area contributed by atoms with E-state index in [2.05, 4.69) is 19.7 Å². The van der Waals surface area contributed by atoms with Gasteiger partial charge in [-0.25, -0.2) is 14.4 Å². The number of rotatable bonds is 3. The van der Waals surface area contributed by atoms with Crippen LogP contribution >= 0.6 is 0 Å². The molecule has 0 rings (SSSR count). The highest BCUT2D eigenvalue weighted by Gasteiger charge is 2.03. The summed E-state index contributed by atoms with van der Waals surface area (Å²) in [6, 6.07) is 0. The summed E-state index contributed by atoms with van der Waals surface area (Å²) < 4.78 is 0. The van der Waals surface area contributed by atoms with Gasteiger partial charge in [-0.3, -0.25) is 0 Å². The zero-order chi connectivity index (χ0) is 17.4. The van der Waals surface area contributed by atoms with Crippen LogP contribution in [-0.4, -0.2) is 54.5 Å². The molecule has 0 heterocycles. The Morgan fingerprint density at radius 2 is 0.800 bits per heavy atom. The van der Waals surface area contributed by atoms with Crippen LogP contribution in [0, 0.1) is 0 Å². The van der Waals surface area contributed by atoms with Gasteiger partial charge in [0.2, 0.25) is 0 Å². The Morgan fingerprint density at radius 1 is 0.750 bits per heavy atom. The molecule has 0 aromatic rings. The number of carboxylic acid groups (broad SMARTS) is 3. The molecule has 0 aromatic heterocycles. The van der Waals surface area contributed by atoms with E-state index in [4.69, 9.17) is 30.6 Å². The van der Waals surface area contributed by atoms with Gasteiger partial charge in [-0.1, -0.05) is 19.7 Å². The average molecular weight is 294 g/mol. The van der Waals surface area contributed by atoms with Crippen molar-refractivity contribution in [3.63, 3.8) is 0 Å². The lowest BCUT2D eigenvalue weighted by molar-refractivity contribution is -0.297. The minimum atomic E-state index is -2.50. The molecule has 20 heavy (non-hydrogen) atoms. The second-order valence-electron chi connectivity index (χ2n) is 2.60. The normalized spacial score (nSPS) is 7.80. The summed E-state index contributed by atoms with van der Waals surface area (Å²) in [5, 5.41) is 45.7. The van der Waals surface area contributed by atoms with E-state index in [0.717, 1.165) is 25.2 Å². The molecule has 0 amide bonds. The van der Waals surface area contributed by atoms with Crippen molar-refractivity contribution in [2.45, 2.75) is 12.9 Å². The predicted molar refractivity (Wildman–Crippen MR) is 68.6 cm³/mol. The lowest BCUT2D eigenvalue weighted by atomic mass is 10.7. The Hall–Kier alpha value is -2.49. The fourth-order valence-corrected chi connectivity index (χ4v) is 0. The van der Waals surface area contributed by atoms with Crippen molar-refractivity contribution in [2.24, 2.45) is 0 Å². The summed E-state index contributed by atoms with van der Waals surface area (Å²) in [4.78, 5) is 27.8. The average Bonchev–Trinajstić information content (AvgIpc) is 2.28. The Kier molecular flexibility index (Phi) is 21.6. The summed E-state index contributed by atoms with van der Waals surface area (Å²) in [5.41, 5.74) is 0. The van der Waals surface area contributed by atoms with Crippen LogP contribution in [0.15, 0.2) is 38.0 Å². The van der Waals surface area contributed by atoms with Gasteiger partial charge in [-0.2, -0.15) is 0 Å². The predicted octanol–water partition coefficient (Wildman–Crippen LogP) is -0.592. The van der Waals surface area contributed by atoms with Gasteiger partial charge in [0.1, 0.15) is 0 Å². The third-order valence-corrected chi connectivity index (χ3v) is 0.524. The van der Waals surface area contributed by atoms with Crippen molar-refractivity contribution >= 4 is 17.9 Å². The first-order valence-electron chi connectivity index (χ1n) is 4.54. The Morgan fingerprint density at radius 3 is 0.800 bits per heavy atom. The third kappa shape index (κ3) is 265. The topological polar surface area (TPSA) is 173 Å². The number of aliphatic carboxylic acids is 3. The maximum atomic E-state index is 9.25. The van der Waals surface area contributed by atoms with Crippen molar-refractivity contribution < 1.29 is 45.0 Å². The molecule has 0 aliphatic heterocycles. The number of carbonyl (C=O) groups is 3. The van der Waals surface area contributed by atoms with Crippen molar-refractivity contribution in [3.05, 3.63) is 38.0 Å². The Bertz CT molecular complexity index is 276. The number of aliphatic hydroxyl groups is 3. The largest absolute Gasteiger partial charge is 0.478 e. The van der Waals surface area contributed by atoms with Gasteiger partial charge < -0.3 is 30.6 Å². The standard InChI is InChI=1S/3C3H4O2.C2H6O3/c3*1-2-3(4)5;1-2(3,4)5/h3*2H,1H2,(H,4,5);3-5H,1H3. The first-order valence-corrected chi connectivity index (χ1v) is 4.54. The van der Waals surface area contributed by atoms with E-state index in [-0.39, 0.29) is 0 Å². The molecule has 0 spiro atoms. The molecule has 6 N–H and O–H groups in total. The minimum Gasteiger partial charge on any atom is -0.478 e. The monoisotopic (exact) mass is 294 g/mol. The zero-order valence-electron chi connectivity index (χ0n) is 10.8. The maximum Gasteiger partial charge on any atom is 0.327 e. The number of hydrogen-bond acceptors (Lipinski definition) is 6. The fourth-order valence-electron chi connectivity index (χ4n) is 0. The number of carboxylic acids is 3. The van der Waals surface area contributed by atoms with Crippen LogP contribution in [0.2, 0.25) is 0 Å². The van der Waals surface area contributed by atoms with Crippen LogP contribution < -0.4 is 0 Å². The lowest BCUT2D eigenvalue weighted by Gasteiger charge is -2.01. The highest BCUT2D eigenvalue weighted by Crippen LogP contribution is 1.82. The minimum absolute atomic E-state index is 0.833. The first kappa shape index (κ1) is 26.1. The molecule has 0 fully saturated rings. The summed E-state index contributed by atoms with van der Waals surface area (Å²) in [5.74, 6) is -5.44. The zero-order valence-corrected chi connectivity index (χ0v) is 10.8. The van der Waals surface area contributed by atoms with E-state index in [1.165, 1.54) is 0 Å². The molecule has 0 aliphatic rings. The van der Waals surface area contributed by atoms with E-state index >= 15 is 0 Å². The molecule has 0 atom stereocenters. The number of hydrogen-bond donors (Lipinski definition) is 6. The third-order valence-electron chi connectivity index (χ3n) is 0.524. The second-order valence-corrected chi connectivity index (χ2v) is 2.60. The van der Waals surface area contributed by atoms with Gasteiger partial charge in [-0.15, -0.1) is 0 Å². The van der Waals surface area contributed by atoms with Gasteiger partial charge in [-0.05, 0) is 0 Å².